The molecule has 0 radical (unpaired) electrons. The van der Waals surface area contributed by atoms with Crippen molar-refractivity contribution in [3.63, 3.8) is 0 Å². The zero-order chi connectivity index (χ0) is 14.0. The van der Waals surface area contributed by atoms with Crippen molar-refractivity contribution in [2.45, 2.75) is 32.4 Å². The third-order valence-corrected chi connectivity index (χ3v) is 3.92. The van der Waals surface area contributed by atoms with E-state index in [9.17, 15) is 9.90 Å². The van der Waals surface area contributed by atoms with Crippen LogP contribution in [0.3, 0.4) is 0 Å². The summed E-state index contributed by atoms with van der Waals surface area (Å²) in [5.74, 6) is -0.00453. The molecule has 1 saturated heterocycles. The molecule has 0 aliphatic carbocycles. The fourth-order valence-corrected chi connectivity index (χ4v) is 2.73. The number of carbonyl (C=O) groups excluding carboxylic acids is 1. The van der Waals surface area contributed by atoms with Gasteiger partial charge >= 0.3 is 0 Å². The maximum absolute atomic E-state index is 12.3. The third kappa shape index (κ3) is 2.59. The zero-order valence-corrected chi connectivity index (χ0v) is 11.8. The highest BCUT2D eigenvalue weighted by molar-refractivity contribution is 5.86. The zero-order valence-electron chi connectivity index (χ0n) is 11.8. The minimum Gasteiger partial charge on any atom is -0.394 e. The van der Waals surface area contributed by atoms with Crippen molar-refractivity contribution < 1.29 is 9.90 Å². The number of carbonyl (C=O) groups is 1. The Labute approximate surface area is 114 Å². The van der Waals surface area contributed by atoms with Gasteiger partial charge < -0.3 is 14.9 Å². The van der Waals surface area contributed by atoms with E-state index in [0.717, 1.165) is 24.2 Å². The molecule has 0 saturated carbocycles. The predicted octanol–water partition coefficient (Wildman–Crippen LogP) is 1.41. The first-order valence-electron chi connectivity index (χ1n) is 6.76. The number of aryl methyl sites for hydroxylation is 1. The first-order chi connectivity index (χ1) is 9.06. The van der Waals surface area contributed by atoms with Crippen LogP contribution in [-0.4, -0.2) is 48.2 Å². The molecule has 104 valence electrons. The van der Waals surface area contributed by atoms with E-state index in [4.69, 9.17) is 0 Å². The molecule has 4 heteroatoms. The van der Waals surface area contributed by atoms with E-state index in [1.807, 2.05) is 31.2 Å². The molecule has 1 aliphatic rings. The van der Waals surface area contributed by atoms with Gasteiger partial charge in [-0.1, -0.05) is 18.2 Å². The number of amides is 1. The van der Waals surface area contributed by atoms with Gasteiger partial charge in [-0.2, -0.15) is 0 Å². The molecule has 4 nitrogen and oxygen atoms in total. The van der Waals surface area contributed by atoms with Gasteiger partial charge in [-0.15, -0.1) is 0 Å². The van der Waals surface area contributed by atoms with Gasteiger partial charge in [0.15, 0.2) is 0 Å². The van der Waals surface area contributed by atoms with Crippen molar-refractivity contribution in [3.8, 4) is 0 Å². The lowest BCUT2D eigenvalue weighted by Crippen LogP contribution is -2.50. The van der Waals surface area contributed by atoms with Crippen LogP contribution < -0.4 is 4.90 Å². The van der Waals surface area contributed by atoms with Gasteiger partial charge in [0.25, 0.3) is 0 Å². The molecule has 1 fully saturated rings. The average molecular weight is 262 g/mol. The second kappa shape index (κ2) is 5.61. The molecule has 0 aromatic heterocycles. The molecule has 1 heterocycles. The van der Waals surface area contributed by atoms with Crippen molar-refractivity contribution in [2.75, 3.05) is 25.1 Å². The van der Waals surface area contributed by atoms with E-state index < -0.39 is 6.04 Å². The average Bonchev–Trinajstić information content (AvgIpc) is 2.51. The quantitative estimate of drug-likeness (QED) is 0.876. The number of aliphatic hydroxyl groups excluding tert-OH is 1. The Kier molecular flexibility index (Phi) is 4.10. The number of benzene rings is 1. The fraction of sp³-hybridized carbons (Fsp3) is 0.533. The van der Waals surface area contributed by atoms with E-state index in [2.05, 4.69) is 11.8 Å². The Balaban J connectivity index is 2.44. The highest BCUT2D eigenvalue weighted by atomic mass is 16.3. The van der Waals surface area contributed by atoms with Crippen molar-refractivity contribution in [1.82, 2.24) is 4.90 Å². The number of anilines is 1. The SMILES string of the molecule is Cc1ccccc1N1C(C)CCN(C)C(=O)C1CO. The van der Waals surface area contributed by atoms with Gasteiger partial charge in [-0.25, -0.2) is 0 Å². The summed E-state index contributed by atoms with van der Waals surface area (Å²) in [6, 6.07) is 7.77. The first kappa shape index (κ1) is 13.9. The summed E-state index contributed by atoms with van der Waals surface area (Å²) < 4.78 is 0. The predicted molar refractivity (Wildman–Crippen MR) is 76.2 cm³/mol. The van der Waals surface area contributed by atoms with Crippen LogP contribution in [0.2, 0.25) is 0 Å². The summed E-state index contributed by atoms with van der Waals surface area (Å²) in [4.78, 5) is 16.1. The van der Waals surface area contributed by atoms with Crippen molar-refractivity contribution in [3.05, 3.63) is 29.8 Å². The van der Waals surface area contributed by atoms with Crippen LogP contribution in [0.4, 0.5) is 5.69 Å². The number of nitrogens with zero attached hydrogens (tertiary/aromatic N) is 2. The van der Waals surface area contributed by atoms with Gasteiger partial charge in [0.2, 0.25) is 5.91 Å². The van der Waals surface area contributed by atoms with Crippen molar-refractivity contribution >= 4 is 11.6 Å². The van der Waals surface area contributed by atoms with Gasteiger partial charge in [-0.05, 0) is 31.9 Å². The second-order valence-corrected chi connectivity index (χ2v) is 5.29. The van der Waals surface area contributed by atoms with E-state index in [1.54, 1.807) is 11.9 Å². The van der Waals surface area contributed by atoms with E-state index in [0.29, 0.717) is 0 Å². The second-order valence-electron chi connectivity index (χ2n) is 5.29. The first-order valence-corrected chi connectivity index (χ1v) is 6.76. The van der Waals surface area contributed by atoms with Crippen LogP contribution in [-0.2, 0) is 4.79 Å². The number of hydrogen-bond acceptors (Lipinski definition) is 3. The number of rotatable bonds is 2. The van der Waals surface area contributed by atoms with Gasteiger partial charge in [0, 0.05) is 25.3 Å². The van der Waals surface area contributed by atoms with Crippen molar-refractivity contribution in [1.29, 1.82) is 0 Å². The molecule has 19 heavy (non-hydrogen) atoms. The van der Waals surface area contributed by atoms with E-state index in [-0.39, 0.29) is 18.6 Å². The molecule has 1 amide bonds. The van der Waals surface area contributed by atoms with Gasteiger partial charge in [0.05, 0.1) is 6.61 Å². The summed E-state index contributed by atoms with van der Waals surface area (Å²) in [7, 11) is 1.80. The number of hydrogen-bond donors (Lipinski definition) is 1. The molecule has 2 rings (SSSR count). The Morgan fingerprint density at radius 2 is 2.05 bits per heavy atom. The lowest BCUT2D eigenvalue weighted by molar-refractivity contribution is -0.131. The highest BCUT2D eigenvalue weighted by Gasteiger charge is 2.34. The minimum atomic E-state index is -0.483. The summed E-state index contributed by atoms with van der Waals surface area (Å²) in [6.07, 6.45) is 0.910. The van der Waals surface area contributed by atoms with Crippen LogP contribution in [0.1, 0.15) is 18.9 Å². The van der Waals surface area contributed by atoms with Crippen LogP contribution in [0.25, 0.3) is 0 Å². The fourth-order valence-electron chi connectivity index (χ4n) is 2.73. The maximum Gasteiger partial charge on any atom is 0.247 e. The molecule has 0 spiro atoms. The molecular weight excluding hydrogens is 240 g/mol. The Bertz CT molecular complexity index is 461. The Morgan fingerprint density at radius 1 is 1.37 bits per heavy atom. The minimum absolute atomic E-state index is 0.00453. The summed E-state index contributed by atoms with van der Waals surface area (Å²) in [6.45, 7) is 4.73. The molecule has 1 aliphatic heterocycles. The summed E-state index contributed by atoms with van der Waals surface area (Å²) in [5.41, 5.74) is 2.17. The molecular formula is C15H22N2O2. The standard InChI is InChI=1S/C15H22N2O2/c1-11-6-4-5-7-13(11)17-12(2)8-9-16(3)15(19)14(17)10-18/h4-7,12,14,18H,8-10H2,1-3H3. The highest BCUT2D eigenvalue weighted by Crippen LogP contribution is 2.27. The molecule has 1 N–H and O–H groups in total. The van der Waals surface area contributed by atoms with Crippen LogP contribution in [0, 0.1) is 6.92 Å². The third-order valence-electron chi connectivity index (χ3n) is 3.92. The normalized spacial score (nSPS) is 24.5. The number of likely N-dealkylation sites (N-methyl/N-ethyl adjacent to an activating group) is 1. The Hall–Kier alpha value is -1.55. The summed E-state index contributed by atoms with van der Waals surface area (Å²) in [5, 5.41) is 9.66. The molecule has 1 aromatic rings. The largest absolute Gasteiger partial charge is 0.394 e. The van der Waals surface area contributed by atoms with Crippen molar-refractivity contribution in [2.24, 2.45) is 0 Å². The van der Waals surface area contributed by atoms with Crippen LogP contribution >= 0.6 is 0 Å². The smallest absolute Gasteiger partial charge is 0.247 e. The monoisotopic (exact) mass is 262 g/mol. The molecule has 1 aromatic carbocycles. The van der Waals surface area contributed by atoms with E-state index >= 15 is 0 Å². The number of para-hydroxylation sites is 1. The van der Waals surface area contributed by atoms with Crippen LogP contribution in [0.15, 0.2) is 24.3 Å². The van der Waals surface area contributed by atoms with Gasteiger partial charge in [-0.3, -0.25) is 4.79 Å². The maximum atomic E-state index is 12.3. The topological polar surface area (TPSA) is 43.8 Å². The van der Waals surface area contributed by atoms with E-state index in [1.165, 1.54) is 0 Å². The molecule has 2 atom stereocenters. The lowest BCUT2D eigenvalue weighted by atomic mass is 10.1. The van der Waals surface area contributed by atoms with Crippen LogP contribution in [0.5, 0.6) is 0 Å². The molecule has 2 unspecified atom stereocenters. The summed E-state index contributed by atoms with van der Waals surface area (Å²) >= 11 is 0. The molecule has 0 bridgehead atoms. The Morgan fingerprint density at radius 3 is 2.68 bits per heavy atom. The van der Waals surface area contributed by atoms with Gasteiger partial charge in [0.1, 0.15) is 6.04 Å². The lowest BCUT2D eigenvalue weighted by Gasteiger charge is -2.35. The number of aliphatic hydroxyl groups is 1.